The summed E-state index contributed by atoms with van der Waals surface area (Å²) in [5.74, 6) is -0.305. The summed E-state index contributed by atoms with van der Waals surface area (Å²) in [7, 11) is 1.67. The van der Waals surface area contributed by atoms with Crippen LogP contribution >= 0.6 is 0 Å². The van der Waals surface area contributed by atoms with Crippen molar-refractivity contribution in [1.29, 1.82) is 0 Å². The second-order valence-electron chi connectivity index (χ2n) is 13.4. The number of halogens is 2. The third kappa shape index (κ3) is 9.47. The van der Waals surface area contributed by atoms with E-state index in [4.69, 9.17) is 9.47 Å². The van der Waals surface area contributed by atoms with Gasteiger partial charge < -0.3 is 19.5 Å². The molecule has 1 N–H and O–H groups in total. The van der Waals surface area contributed by atoms with Gasteiger partial charge in [-0.25, -0.2) is 23.1 Å². The molecular weight excluding hydrogens is 706 g/mol. The molecule has 12 nitrogen and oxygen atoms in total. The first-order valence-electron chi connectivity index (χ1n) is 17.8. The van der Waals surface area contributed by atoms with Gasteiger partial charge in [0.2, 0.25) is 0 Å². The first-order valence-corrected chi connectivity index (χ1v) is 17.8. The Morgan fingerprint density at radius 3 is 2.31 bits per heavy atom. The molecular formula is C41H40F2N8O4. The quantitative estimate of drug-likeness (QED) is 0.106. The second-order valence-corrected chi connectivity index (χ2v) is 13.4. The number of benzene rings is 4. The van der Waals surface area contributed by atoms with Crippen LogP contribution in [-0.4, -0.2) is 78.8 Å². The van der Waals surface area contributed by atoms with E-state index in [1.54, 1.807) is 37.6 Å². The van der Waals surface area contributed by atoms with Gasteiger partial charge in [-0.2, -0.15) is 5.10 Å². The molecule has 0 radical (unpaired) electrons. The van der Waals surface area contributed by atoms with Crippen molar-refractivity contribution in [3.63, 3.8) is 0 Å². The van der Waals surface area contributed by atoms with Crippen LogP contribution in [0, 0.1) is 11.6 Å². The monoisotopic (exact) mass is 746 g/mol. The van der Waals surface area contributed by atoms with Crippen LogP contribution in [0.1, 0.15) is 32.7 Å². The van der Waals surface area contributed by atoms with Gasteiger partial charge in [0.15, 0.2) is 5.78 Å². The van der Waals surface area contributed by atoms with E-state index in [1.807, 2.05) is 48.5 Å². The van der Waals surface area contributed by atoms with Gasteiger partial charge in [0.25, 0.3) is 0 Å². The average molecular weight is 747 g/mol. The van der Waals surface area contributed by atoms with E-state index in [2.05, 4.69) is 42.3 Å². The Morgan fingerprint density at radius 2 is 1.62 bits per heavy atom. The maximum atomic E-state index is 14.8. The minimum Gasteiger partial charge on any atom is -0.497 e. The molecule has 282 valence electrons. The first-order chi connectivity index (χ1) is 26.7. The van der Waals surface area contributed by atoms with E-state index < -0.39 is 17.2 Å². The number of carbonyl (C=O) groups is 1. The number of hydrogen-bond acceptors (Lipinski definition) is 10. The van der Waals surface area contributed by atoms with Crippen molar-refractivity contribution < 1.29 is 28.2 Å². The molecule has 0 spiro atoms. The average Bonchev–Trinajstić information content (AvgIpc) is 3.89. The summed E-state index contributed by atoms with van der Waals surface area (Å²) in [6.45, 7) is 4.38. The summed E-state index contributed by atoms with van der Waals surface area (Å²) < 4.78 is 42.3. The number of aromatic nitrogens is 6. The summed E-state index contributed by atoms with van der Waals surface area (Å²) in [6, 6.07) is 26.2. The predicted molar refractivity (Wildman–Crippen MR) is 201 cm³/mol. The van der Waals surface area contributed by atoms with E-state index in [-0.39, 0.29) is 31.0 Å². The van der Waals surface area contributed by atoms with Crippen LogP contribution in [0.25, 0.3) is 6.08 Å². The zero-order valence-corrected chi connectivity index (χ0v) is 30.2. The molecule has 4 aromatic carbocycles. The third-order valence-electron chi connectivity index (χ3n) is 9.48. The Balaban J connectivity index is 0.884. The van der Waals surface area contributed by atoms with Gasteiger partial charge in [-0.3, -0.25) is 9.69 Å². The van der Waals surface area contributed by atoms with Crippen LogP contribution in [0.2, 0.25) is 0 Å². The molecule has 0 saturated carbocycles. The van der Waals surface area contributed by atoms with Crippen molar-refractivity contribution in [2.45, 2.75) is 31.8 Å². The summed E-state index contributed by atoms with van der Waals surface area (Å²) in [6.07, 6.45) is 7.58. The predicted octanol–water partition coefficient (Wildman–Crippen LogP) is 5.54. The number of rotatable bonds is 15. The summed E-state index contributed by atoms with van der Waals surface area (Å²) in [5.41, 5.74) is 2.32. The molecule has 1 unspecified atom stereocenters. The van der Waals surface area contributed by atoms with Gasteiger partial charge in [-0.15, -0.1) is 5.10 Å². The number of carbonyl (C=O) groups excluding carboxylic acids is 1. The zero-order valence-electron chi connectivity index (χ0n) is 30.2. The van der Waals surface area contributed by atoms with E-state index in [0.717, 1.165) is 61.9 Å². The number of piperazine rings is 1. The van der Waals surface area contributed by atoms with Crippen molar-refractivity contribution in [2.75, 3.05) is 38.2 Å². The normalized spacial score (nSPS) is 14.6. The fourth-order valence-electron chi connectivity index (χ4n) is 6.51. The molecule has 1 saturated heterocycles. The smallest absolute Gasteiger partial charge is 0.185 e. The van der Waals surface area contributed by atoms with Crippen molar-refractivity contribution in [3.05, 3.63) is 156 Å². The van der Waals surface area contributed by atoms with Crippen LogP contribution in [-0.2, 0) is 31.8 Å². The van der Waals surface area contributed by atoms with Crippen molar-refractivity contribution >= 4 is 17.5 Å². The minimum atomic E-state index is -1.85. The Hall–Kier alpha value is -6.25. The van der Waals surface area contributed by atoms with E-state index in [1.165, 1.54) is 33.6 Å². The van der Waals surface area contributed by atoms with Crippen LogP contribution in [0.4, 0.5) is 14.5 Å². The van der Waals surface area contributed by atoms with Crippen LogP contribution in [0.5, 0.6) is 11.5 Å². The van der Waals surface area contributed by atoms with E-state index >= 15 is 0 Å². The fourth-order valence-corrected chi connectivity index (χ4v) is 6.51. The maximum absolute atomic E-state index is 14.8. The summed E-state index contributed by atoms with van der Waals surface area (Å²) in [4.78, 5) is 21.6. The van der Waals surface area contributed by atoms with Gasteiger partial charge in [-0.05, 0) is 71.8 Å². The van der Waals surface area contributed by atoms with Crippen molar-refractivity contribution in [1.82, 2.24) is 34.7 Å². The summed E-state index contributed by atoms with van der Waals surface area (Å²) in [5, 5.41) is 23.8. The number of anilines is 1. The van der Waals surface area contributed by atoms with Crippen molar-refractivity contribution in [2.24, 2.45) is 0 Å². The molecule has 3 heterocycles. The lowest BCUT2D eigenvalue weighted by molar-refractivity contribution is -0.00892. The lowest BCUT2D eigenvalue weighted by Crippen LogP contribution is -2.45. The second kappa shape index (κ2) is 16.8. The molecule has 0 amide bonds. The molecule has 2 aromatic heterocycles. The Kier molecular flexibility index (Phi) is 11.3. The molecule has 0 bridgehead atoms. The highest BCUT2D eigenvalue weighted by atomic mass is 19.1. The lowest BCUT2D eigenvalue weighted by atomic mass is 9.93. The zero-order chi connectivity index (χ0) is 38.2. The van der Waals surface area contributed by atoms with Crippen LogP contribution in [0.3, 0.4) is 0 Å². The number of hydrogen-bond donors (Lipinski definition) is 1. The number of ketones is 1. The Labute approximate surface area is 316 Å². The van der Waals surface area contributed by atoms with E-state index in [0.29, 0.717) is 17.0 Å². The molecule has 55 heavy (non-hydrogen) atoms. The number of allylic oxidation sites excluding steroid dienone is 1. The van der Waals surface area contributed by atoms with Gasteiger partial charge in [0, 0.05) is 55.6 Å². The number of aliphatic hydroxyl groups is 1. The Morgan fingerprint density at radius 1 is 0.891 bits per heavy atom. The first kappa shape index (κ1) is 37.1. The van der Waals surface area contributed by atoms with Gasteiger partial charge in [0.1, 0.15) is 53.7 Å². The highest BCUT2D eigenvalue weighted by Crippen LogP contribution is 2.29. The highest BCUT2D eigenvalue weighted by molar-refractivity contribution is 6.07. The molecule has 1 fully saturated rings. The number of methoxy groups -OCH3 is 1. The summed E-state index contributed by atoms with van der Waals surface area (Å²) >= 11 is 0. The van der Waals surface area contributed by atoms with Crippen LogP contribution in [0.15, 0.2) is 116 Å². The molecule has 6 aromatic rings. The Bertz CT molecular complexity index is 2200. The topological polar surface area (TPSA) is 124 Å². The molecule has 1 aliphatic rings. The van der Waals surface area contributed by atoms with E-state index in [9.17, 15) is 18.7 Å². The van der Waals surface area contributed by atoms with Crippen LogP contribution < -0.4 is 14.4 Å². The fraction of sp³-hybridized carbons (Fsp3) is 0.244. The maximum Gasteiger partial charge on any atom is 0.185 e. The molecule has 0 aliphatic carbocycles. The SMILES string of the molecule is COc1ccc(CN2CCN(c3ccc(C(=O)/C=C/c4ccc(OCc5cn(CC(O)(Cn6cncn6)c6ccc(F)cc6F)nn5)cc4)cc3)CC2)cc1. The standard InChI is InChI=1S/C41H40F2N8O4/c1-54-36-12-4-31(5-13-36)23-48-18-20-49(21-19-48)35-10-7-32(8-11-35)40(52)17-6-30-2-14-37(15-3-30)55-25-34-24-50(47-46-34)26-41(53,27-51-29-44-28-45-51)38-16-9-33(42)22-39(38)43/h2-17,22,24,28-29,53H,18-21,23,25-27H2,1H3/b17-6+. The molecule has 7 rings (SSSR count). The van der Waals surface area contributed by atoms with Gasteiger partial charge >= 0.3 is 0 Å². The van der Waals surface area contributed by atoms with Gasteiger partial charge in [0.05, 0.1) is 26.4 Å². The minimum absolute atomic E-state index is 0.0788. The molecule has 14 heteroatoms. The molecule has 1 aliphatic heterocycles. The van der Waals surface area contributed by atoms with Crippen molar-refractivity contribution in [3.8, 4) is 11.5 Å². The third-order valence-corrected chi connectivity index (χ3v) is 9.48. The van der Waals surface area contributed by atoms with Gasteiger partial charge in [-0.1, -0.05) is 41.6 Å². The lowest BCUT2D eigenvalue weighted by Gasteiger charge is -2.36. The number of ether oxygens (including phenoxy) is 2. The largest absolute Gasteiger partial charge is 0.497 e. The number of nitrogens with zero attached hydrogens (tertiary/aromatic N) is 8. The molecule has 1 atom stereocenters. The highest BCUT2D eigenvalue weighted by Gasteiger charge is 2.35.